The highest BCUT2D eigenvalue weighted by atomic mass is 16.5. The van der Waals surface area contributed by atoms with Crippen molar-refractivity contribution in [1.29, 1.82) is 5.26 Å². The van der Waals surface area contributed by atoms with Crippen LogP contribution in [-0.2, 0) is 6.42 Å². The Morgan fingerprint density at radius 3 is 2.54 bits per heavy atom. The number of benzene rings is 1. The van der Waals surface area contributed by atoms with Crippen molar-refractivity contribution in [3.05, 3.63) is 66.6 Å². The summed E-state index contributed by atoms with van der Waals surface area (Å²) < 4.78 is 5.63. The van der Waals surface area contributed by atoms with Crippen LogP contribution >= 0.6 is 0 Å². The van der Waals surface area contributed by atoms with Crippen molar-refractivity contribution in [2.24, 2.45) is 0 Å². The SMILES string of the molecule is N#Cc1nccnc1Oc1ccc(CCNc2ncnc3nccnc23)cc1. The summed E-state index contributed by atoms with van der Waals surface area (Å²) in [6, 6.07) is 9.53. The molecule has 0 spiro atoms. The highest BCUT2D eigenvalue weighted by Gasteiger charge is 2.07. The quantitative estimate of drug-likeness (QED) is 0.545. The fourth-order valence-corrected chi connectivity index (χ4v) is 2.56. The summed E-state index contributed by atoms with van der Waals surface area (Å²) in [5.74, 6) is 1.44. The summed E-state index contributed by atoms with van der Waals surface area (Å²) in [4.78, 5) is 24.7. The number of hydrogen-bond donors (Lipinski definition) is 1. The van der Waals surface area contributed by atoms with Gasteiger partial charge in [0.2, 0.25) is 5.69 Å². The van der Waals surface area contributed by atoms with Gasteiger partial charge in [-0.2, -0.15) is 5.26 Å². The van der Waals surface area contributed by atoms with Crippen molar-refractivity contribution in [3.63, 3.8) is 0 Å². The van der Waals surface area contributed by atoms with Gasteiger partial charge in [0, 0.05) is 31.3 Å². The van der Waals surface area contributed by atoms with Crippen LogP contribution in [0.4, 0.5) is 5.82 Å². The largest absolute Gasteiger partial charge is 0.437 e. The molecule has 1 N–H and O–H groups in total. The van der Waals surface area contributed by atoms with Gasteiger partial charge in [-0.15, -0.1) is 0 Å². The van der Waals surface area contributed by atoms with Crippen LogP contribution in [0.3, 0.4) is 0 Å². The molecule has 0 aliphatic heterocycles. The van der Waals surface area contributed by atoms with E-state index < -0.39 is 0 Å². The number of nitrogens with one attached hydrogen (secondary N) is 1. The van der Waals surface area contributed by atoms with Gasteiger partial charge in [-0.25, -0.2) is 29.9 Å². The second-order valence-corrected chi connectivity index (χ2v) is 5.70. The molecule has 0 aliphatic rings. The van der Waals surface area contributed by atoms with Gasteiger partial charge in [-0.1, -0.05) is 12.1 Å². The smallest absolute Gasteiger partial charge is 0.256 e. The lowest BCUT2D eigenvalue weighted by Crippen LogP contribution is -2.08. The molecule has 1 aromatic carbocycles. The number of rotatable bonds is 6. The average molecular weight is 370 g/mol. The first-order chi connectivity index (χ1) is 13.8. The van der Waals surface area contributed by atoms with Crippen LogP contribution in [0.5, 0.6) is 11.6 Å². The highest BCUT2D eigenvalue weighted by Crippen LogP contribution is 2.21. The molecule has 0 atom stereocenters. The molecule has 0 amide bonds. The van der Waals surface area contributed by atoms with E-state index in [9.17, 15) is 0 Å². The molecule has 0 aliphatic carbocycles. The Labute approximate surface area is 160 Å². The zero-order valence-electron chi connectivity index (χ0n) is 14.6. The molecule has 3 aromatic heterocycles. The van der Waals surface area contributed by atoms with Crippen molar-refractivity contribution in [3.8, 4) is 17.7 Å². The maximum atomic E-state index is 9.04. The Hall–Kier alpha value is -4.19. The number of fused-ring (bicyclic) bond motifs is 1. The number of nitrogens with zero attached hydrogens (tertiary/aromatic N) is 7. The number of aromatic nitrogens is 6. The third-order valence-corrected chi connectivity index (χ3v) is 3.88. The lowest BCUT2D eigenvalue weighted by molar-refractivity contribution is 0.458. The third-order valence-electron chi connectivity index (χ3n) is 3.88. The van der Waals surface area contributed by atoms with Crippen molar-refractivity contribution >= 4 is 17.0 Å². The Morgan fingerprint density at radius 2 is 1.68 bits per heavy atom. The molecule has 9 heteroatoms. The molecule has 4 aromatic rings. The van der Waals surface area contributed by atoms with Gasteiger partial charge in [0.15, 0.2) is 11.5 Å². The first-order valence-corrected chi connectivity index (χ1v) is 8.47. The fraction of sp³-hybridized carbons (Fsp3) is 0.105. The number of nitriles is 1. The van der Waals surface area contributed by atoms with E-state index in [0.29, 0.717) is 29.3 Å². The highest BCUT2D eigenvalue weighted by molar-refractivity contribution is 5.81. The molecule has 0 unspecified atom stereocenters. The van der Waals surface area contributed by atoms with Gasteiger partial charge in [-0.05, 0) is 24.1 Å². The van der Waals surface area contributed by atoms with Crippen LogP contribution in [0.1, 0.15) is 11.3 Å². The lowest BCUT2D eigenvalue weighted by Gasteiger charge is -2.08. The minimum Gasteiger partial charge on any atom is -0.437 e. The van der Waals surface area contributed by atoms with E-state index in [4.69, 9.17) is 10.00 Å². The van der Waals surface area contributed by atoms with Crippen LogP contribution in [0.15, 0.2) is 55.4 Å². The first-order valence-electron chi connectivity index (χ1n) is 8.47. The lowest BCUT2D eigenvalue weighted by atomic mass is 10.1. The minimum absolute atomic E-state index is 0.149. The topological polar surface area (TPSA) is 122 Å². The molecule has 0 saturated carbocycles. The number of hydrogen-bond acceptors (Lipinski definition) is 9. The van der Waals surface area contributed by atoms with Gasteiger partial charge in [-0.3, -0.25) is 0 Å². The molecule has 28 heavy (non-hydrogen) atoms. The van der Waals surface area contributed by atoms with Gasteiger partial charge >= 0.3 is 0 Å². The van der Waals surface area contributed by atoms with E-state index in [0.717, 1.165) is 12.0 Å². The van der Waals surface area contributed by atoms with Gasteiger partial charge in [0.05, 0.1) is 0 Å². The zero-order chi connectivity index (χ0) is 19.2. The monoisotopic (exact) mass is 370 g/mol. The summed E-state index contributed by atoms with van der Waals surface area (Å²) in [6.45, 7) is 0.672. The number of ether oxygens (including phenoxy) is 1. The van der Waals surface area contributed by atoms with Crippen molar-refractivity contribution in [1.82, 2.24) is 29.9 Å². The normalized spacial score (nSPS) is 10.4. The maximum absolute atomic E-state index is 9.04. The van der Waals surface area contributed by atoms with Crippen molar-refractivity contribution in [2.45, 2.75) is 6.42 Å². The second-order valence-electron chi connectivity index (χ2n) is 5.70. The van der Waals surface area contributed by atoms with E-state index >= 15 is 0 Å². The molecule has 4 rings (SSSR count). The van der Waals surface area contributed by atoms with Gasteiger partial charge in [0.1, 0.15) is 23.7 Å². The third kappa shape index (κ3) is 3.81. The fourth-order valence-electron chi connectivity index (χ4n) is 2.56. The van der Waals surface area contributed by atoms with E-state index in [2.05, 4.69) is 35.2 Å². The Morgan fingerprint density at radius 1 is 0.893 bits per heavy atom. The zero-order valence-corrected chi connectivity index (χ0v) is 14.6. The van der Waals surface area contributed by atoms with Crippen LogP contribution in [0.2, 0.25) is 0 Å². The van der Waals surface area contributed by atoms with E-state index in [1.54, 1.807) is 12.4 Å². The van der Waals surface area contributed by atoms with Crippen molar-refractivity contribution in [2.75, 3.05) is 11.9 Å². The molecule has 9 nitrogen and oxygen atoms in total. The molecular weight excluding hydrogens is 356 g/mol. The average Bonchev–Trinajstić information content (AvgIpc) is 2.75. The van der Waals surface area contributed by atoms with Gasteiger partial charge < -0.3 is 10.1 Å². The summed E-state index contributed by atoms with van der Waals surface area (Å²) >= 11 is 0. The van der Waals surface area contributed by atoms with Crippen LogP contribution in [0, 0.1) is 11.3 Å². The summed E-state index contributed by atoms with van der Waals surface area (Å²) in [7, 11) is 0. The first kappa shape index (κ1) is 17.2. The van der Waals surface area contributed by atoms with Crippen molar-refractivity contribution < 1.29 is 4.74 Å². The van der Waals surface area contributed by atoms with E-state index in [1.807, 2.05) is 30.3 Å². The maximum Gasteiger partial charge on any atom is 0.256 e. The molecule has 0 radical (unpaired) electrons. The molecule has 136 valence electrons. The summed E-state index contributed by atoms with van der Waals surface area (Å²) in [5.41, 5.74) is 2.47. The molecule has 3 heterocycles. The molecule has 0 saturated heterocycles. The Balaban J connectivity index is 1.38. The predicted octanol–water partition coefficient (Wildman–Crippen LogP) is 2.53. The van der Waals surface area contributed by atoms with Crippen LogP contribution in [0.25, 0.3) is 11.2 Å². The molecular formula is C19H14N8O. The predicted molar refractivity (Wildman–Crippen MR) is 101 cm³/mol. The standard InChI is InChI=1S/C19H14N8O/c20-11-15-19(25-10-7-21-15)28-14-3-1-13(2-4-14)5-6-23-17-16-18(27-12-26-17)24-9-8-22-16/h1-4,7-10,12H,5-6H2,(H,23,24,26,27). The molecule has 0 fully saturated rings. The van der Waals surface area contributed by atoms with E-state index in [-0.39, 0.29) is 11.6 Å². The second kappa shape index (κ2) is 8.01. The summed E-state index contributed by atoms with van der Waals surface area (Å²) in [6.07, 6.45) is 8.40. The molecule has 0 bridgehead atoms. The van der Waals surface area contributed by atoms with Gasteiger partial charge in [0.25, 0.3) is 5.88 Å². The Kier molecular flexibility index (Phi) is 4.93. The van der Waals surface area contributed by atoms with Crippen LogP contribution < -0.4 is 10.1 Å². The van der Waals surface area contributed by atoms with E-state index in [1.165, 1.54) is 18.7 Å². The minimum atomic E-state index is 0.149. The Bertz CT molecular complexity index is 1140. The number of anilines is 1. The summed E-state index contributed by atoms with van der Waals surface area (Å²) in [5, 5.41) is 12.3. The van der Waals surface area contributed by atoms with Crippen LogP contribution in [-0.4, -0.2) is 36.4 Å².